The Morgan fingerprint density at radius 1 is 1.30 bits per heavy atom. The minimum absolute atomic E-state index is 0.0723. The zero-order valence-electron chi connectivity index (χ0n) is 9.79. The number of nitrogens with two attached hydrogens (primary N) is 1. The van der Waals surface area contributed by atoms with E-state index in [-0.39, 0.29) is 11.6 Å². The molecule has 0 radical (unpaired) electrons. The van der Waals surface area contributed by atoms with Crippen LogP contribution in [-0.2, 0) is 10.0 Å². The van der Waals surface area contributed by atoms with Crippen LogP contribution >= 0.6 is 0 Å². The third-order valence-electron chi connectivity index (χ3n) is 2.18. The molecule has 3 N–H and O–H groups in total. The first-order valence-corrected chi connectivity index (χ1v) is 6.59. The molecular formula is C9H8N6O4S. The van der Waals surface area contributed by atoms with Crippen molar-refractivity contribution in [1.82, 2.24) is 15.2 Å². The van der Waals surface area contributed by atoms with Crippen molar-refractivity contribution in [3.8, 4) is 0 Å². The first-order chi connectivity index (χ1) is 9.40. The van der Waals surface area contributed by atoms with Gasteiger partial charge in [-0.25, -0.2) is 18.1 Å². The van der Waals surface area contributed by atoms with E-state index in [1.54, 1.807) is 0 Å². The van der Waals surface area contributed by atoms with E-state index in [0.29, 0.717) is 0 Å². The molecule has 0 amide bonds. The van der Waals surface area contributed by atoms with Crippen LogP contribution in [0.3, 0.4) is 0 Å². The molecule has 10 nitrogen and oxygen atoms in total. The van der Waals surface area contributed by atoms with Gasteiger partial charge in [-0.3, -0.25) is 10.1 Å². The molecule has 2 rings (SSSR count). The number of sulfonamides is 1. The Kier molecular flexibility index (Phi) is 3.43. The van der Waals surface area contributed by atoms with Crippen LogP contribution in [0.5, 0.6) is 0 Å². The molecule has 1 heterocycles. The fourth-order valence-corrected chi connectivity index (χ4v) is 2.52. The summed E-state index contributed by atoms with van der Waals surface area (Å²) in [5, 5.41) is 17.7. The van der Waals surface area contributed by atoms with Crippen molar-refractivity contribution in [2.45, 2.75) is 4.90 Å². The number of nitro benzene ring substituents is 1. The fraction of sp³-hybridized carbons (Fsp3) is 0. The number of hydrogen-bond donors (Lipinski definition) is 2. The summed E-state index contributed by atoms with van der Waals surface area (Å²) >= 11 is 0. The molecule has 0 bridgehead atoms. The van der Waals surface area contributed by atoms with Crippen molar-refractivity contribution in [3.05, 3.63) is 40.7 Å². The van der Waals surface area contributed by atoms with Gasteiger partial charge in [0.25, 0.3) is 21.7 Å². The van der Waals surface area contributed by atoms with Crippen LogP contribution in [0.25, 0.3) is 0 Å². The molecule has 1 aromatic heterocycles. The minimum atomic E-state index is -4.25. The summed E-state index contributed by atoms with van der Waals surface area (Å²) in [7, 11) is -4.25. The van der Waals surface area contributed by atoms with Gasteiger partial charge < -0.3 is 5.73 Å². The lowest BCUT2D eigenvalue weighted by atomic mass is 10.3. The Labute approximate surface area is 112 Å². The van der Waals surface area contributed by atoms with E-state index in [1.807, 2.05) is 4.72 Å². The van der Waals surface area contributed by atoms with Crippen LogP contribution < -0.4 is 10.5 Å². The molecule has 0 aliphatic carbocycles. The molecule has 104 valence electrons. The third kappa shape index (κ3) is 2.77. The largest absolute Gasteiger partial charge is 0.399 e. The second-order valence-electron chi connectivity index (χ2n) is 3.56. The third-order valence-corrected chi connectivity index (χ3v) is 3.54. The van der Waals surface area contributed by atoms with Gasteiger partial charge in [-0.2, -0.15) is 5.10 Å². The van der Waals surface area contributed by atoms with Gasteiger partial charge in [0, 0.05) is 11.8 Å². The average molecular weight is 296 g/mol. The molecule has 0 aliphatic rings. The van der Waals surface area contributed by atoms with Crippen molar-refractivity contribution in [1.29, 1.82) is 0 Å². The smallest absolute Gasteiger partial charge is 0.290 e. The fourth-order valence-electron chi connectivity index (χ4n) is 1.37. The lowest BCUT2D eigenvalue weighted by Crippen LogP contribution is -2.17. The van der Waals surface area contributed by atoms with E-state index in [0.717, 1.165) is 12.1 Å². The zero-order chi connectivity index (χ0) is 14.8. The van der Waals surface area contributed by atoms with E-state index in [2.05, 4.69) is 15.2 Å². The first kappa shape index (κ1) is 13.6. The van der Waals surface area contributed by atoms with Gasteiger partial charge in [0.1, 0.15) is 0 Å². The second-order valence-corrected chi connectivity index (χ2v) is 5.21. The van der Waals surface area contributed by atoms with Gasteiger partial charge in [0.2, 0.25) is 0 Å². The Bertz CT molecular complexity index is 748. The number of nitrogens with zero attached hydrogens (tertiary/aromatic N) is 4. The van der Waals surface area contributed by atoms with Crippen LogP contribution in [0.1, 0.15) is 0 Å². The van der Waals surface area contributed by atoms with E-state index < -0.39 is 25.5 Å². The van der Waals surface area contributed by atoms with Gasteiger partial charge in [-0.15, -0.1) is 5.10 Å². The second kappa shape index (κ2) is 5.05. The highest BCUT2D eigenvalue weighted by molar-refractivity contribution is 7.92. The van der Waals surface area contributed by atoms with E-state index >= 15 is 0 Å². The molecule has 0 spiro atoms. The highest BCUT2D eigenvalue weighted by atomic mass is 32.2. The summed E-state index contributed by atoms with van der Waals surface area (Å²) in [6.07, 6.45) is 2.47. The number of aromatic nitrogens is 3. The van der Waals surface area contributed by atoms with E-state index in [4.69, 9.17) is 5.73 Å². The Morgan fingerprint density at radius 3 is 2.65 bits per heavy atom. The maximum atomic E-state index is 12.1. The molecule has 1 aromatic carbocycles. The number of rotatable bonds is 4. The van der Waals surface area contributed by atoms with Crippen molar-refractivity contribution >= 4 is 27.3 Å². The van der Waals surface area contributed by atoms with Crippen LogP contribution in [0, 0.1) is 10.1 Å². The molecule has 0 aliphatic heterocycles. The van der Waals surface area contributed by atoms with Crippen molar-refractivity contribution in [2.24, 2.45) is 0 Å². The molecule has 0 fully saturated rings. The summed E-state index contributed by atoms with van der Waals surface area (Å²) in [4.78, 5) is 13.1. The summed E-state index contributed by atoms with van der Waals surface area (Å²) in [5.74, 6) is -0.302. The number of anilines is 2. The number of hydrogen-bond acceptors (Lipinski definition) is 8. The molecule has 0 saturated heterocycles. The Morgan fingerprint density at radius 2 is 2.05 bits per heavy atom. The topological polar surface area (TPSA) is 154 Å². The van der Waals surface area contributed by atoms with Crippen molar-refractivity contribution in [3.63, 3.8) is 0 Å². The molecule has 20 heavy (non-hydrogen) atoms. The Hall–Kier alpha value is -2.82. The summed E-state index contributed by atoms with van der Waals surface area (Å²) in [6.45, 7) is 0. The quantitative estimate of drug-likeness (QED) is 0.459. The van der Waals surface area contributed by atoms with Gasteiger partial charge in [-0.1, -0.05) is 0 Å². The zero-order valence-corrected chi connectivity index (χ0v) is 10.6. The highest BCUT2D eigenvalue weighted by Crippen LogP contribution is 2.26. The summed E-state index contributed by atoms with van der Waals surface area (Å²) in [6, 6.07) is 3.22. The maximum Gasteiger partial charge on any atom is 0.290 e. The normalized spacial score (nSPS) is 11.0. The molecule has 0 unspecified atom stereocenters. The van der Waals surface area contributed by atoms with Crippen LogP contribution in [0.4, 0.5) is 17.3 Å². The lowest BCUT2D eigenvalue weighted by Gasteiger charge is -2.07. The predicted octanol–water partition coefficient (Wildman–Crippen LogP) is 0.163. The molecule has 11 heteroatoms. The molecule has 0 atom stereocenters. The number of benzene rings is 1. The van der Waals surface area contributed by atoms with Crippen molar-refractivity contribution < 1.29 is 13.3 Å². The number of nitrogens with one attached hydrogen (secondary N) is 1. The maximum absolute atomic E-state index is 12.1. The van der Waals surface area contributed by atoms with Gasteiger partial charge in [-0.05, 0) is 12.1 Å². The first-order valence-electron chi connectivity index (χ1n) is 5.10. The van der Waals surface area contributed by atoms with E-state index in [9.17, 15) is 18.5 Å². The van der Waals surface area contributed by atoms with Gasteiger partial charge >= 0.3 is 0 Å². The van der Waals surface area contributed by atoms with E-state index in [1.165, 1.54) is 18.5 Å². The van der Waals surface area contributed by atoms with Crippen LogP contribution in [0.2, 0.25) is 0 Å². The standard InChI is InChI=1S/C9H8N6O4S/c10-6-1-2-7(15(16)17)8(5-6)20(18,19)14-9-11-3-4-12-13-9/h1-5H,10H2,(H,11,13,14). The molecular weight excluding hydrogens is 288 g/mol. The average Bonchev–Trinajstić information content (AvgIpc) is 2.39. The minimum Gasteiger partial charge on any atom is -0.399 e. The van der Waals surface area contributed by atoms with Crippen LogP contribution in [0.15, 0.2) is 35.5 Å². The highest BCUT2D eigenvalue weighted by Gasteiger charge is 2.26. The van der Waals surface area contributed by atoms with Gasteiger partial charge in [0.05, 0.1) is 17.3 Å². The molecule has 2 aromatic rings. The number of nitro groups is 1. The summed E-state index contributed by atoms with van der Waals surface area (Å²) < 4.78 is 26.2. The Balaban J connectivity index is 2.49. The lowest BCUT2D eigenvalue weighted by molar-refractivity contribution is -0.387. The predicted molar refractivity (Wildman–Crippen MR) is 68.1 cm³/mol. The van der Waals surface area contributed by atoms with Crippen molar-refractivity contribution in [2.75, 3.05) is 10.5 Å². The summed E-state index contributed by atoms with van der Waals surface area (Å²) in [5.41, 5.74) is 4.93. The van der Waals surface area contributed by atoms with Crippen LogP contribution in [-0.4, -0.2) is 28.5 Å². The molecule has 0 saturated carbocycles. The number of nitrogen functional groups attached to an aromatic ring is 1. The SMILES string of the molecule is Nc1ccc([N+](=O)[O-])c(S(=O)(=O)Nc2nccnn2)c1. The monoisotopic (exact) mass is 296 g/mol. The van der Waals surface area contributed by atoms with Gasteiger partial charge in [0.15, 0.2) is 4.90 Å².